The Labute approximate surface area is 117 Å². The molecule has 0 saturated heterocycles. The van der Waals surface area contributed by atoms with Crippen LogP contribution in [0.3, 0.4) is 0 Å². The number of rotatable bonds is 5. The Morgan fingerprint density at radius 1 is 1.55 bits per heavy atom. The van der Waals surface area contributed by atoms with Gasteiger partial charge in [0, 0.05) is 36.7 Å². The van der Waals surface area contributed by atoms with E-state index in [1.165, 1.54) is 0 Å². The van der Waals surface area contributed by atoms with Crippen LogP contribution >= 0.6 is 0 Å². The lowest BCUT2D eigenvalue weighted by Gasteiger charge is -2.24. The van der Waals surface area contributed by atoms with Crippen molar-refractivity contribution in [2.75, 3.05) is 7.05 Å². The summed E-state index contributed by atoms with van der Waals surface area (Å²) in [5.74, 6) is -0.883. The lowest BCUT2D eigenvalue weighted by molar-refractivity contribution is -0.143. The smallest absolute Gasteiger partial charge is 0.325 e. The molecule has 0 radical (unpaired) electrons. The van der Waals surface area contributed by atoms with E-state index < -0.39 is 12.0 Å². The second-order valence-corrected chi connectivity index (χ2v) is 4.95. The number of hydrogen-bond acceptors (Lipinski definition) is 4. The van der Waals surface area contributed by atoms with E-state index in [0.29, 0.717) is 6.54 Å². The number of aromatic amines is 1. The first kappa shape index (κ1) is 14.3. The molecule has 7 heteroatoms. The number of hydrogen-bond donors (Lipinski definition) is 2. The maximum atomic E-state index is 11.7. The number of likely N-dealkylation sites (N-methyl/N-ethyl adjacent to an activating group) is 1. The van der Waals surface area contributed by atoms with Gasteiger partial charge in [-0.1, -0.05) is 0 Å². The summed E-state index contributed by atoms with van der Waals surface area (Å²) in [5.41, 5.74) is 3.24. The van der Waals surface area contributed by atoms with Gasteiger partial charge in [-0.05, 0) is 27.0 Å². The quantitative estimate of drug-likeness (QED) is 0.852. The van der Waals surface area contributed by atoms with E-state index >= 15 is 0 Å². The molecule has 0 bridgehead atoms. The van der Waals surface area contributed by atoms with Crippen LogP contribution < -0.4 is 0 Å². The monoisotopic (exact) mass is 277 g/mol. The summed E-state index contributed by atoms with van der Waals surface area (Å²) in [5, 5.41) is 20.6. The highest BCUT2D eigenvalue weighted by Gasteiger charge is 2.30. The Morgan fingerprint density at radius 2 is 2.25 bits per heavy atom. The van der Waals surface area contributed by atoms with Gasteiger partial charge in [0.25, 0.3) is 0 Å². The van der Waals surface area contributed by atoms with E-state index in [4.69, 9.17) is 0 Å². The molecule has 1 atom stereocenters. The summed E-state index contributed by atoms with van der Waals surface area (Å²) in [6.07, 6.45) is 1.65. The van der Waals surface area contributed by atoms with Crippen molar-refractivity contribution in [2.24, 2.45) is 7.05 Å². The molecule has 0 aromatic carbocycles. The van der Waals surface area contributed by atoms with Crippen molar-refractivity contribution in [3.63, 3.8) is 0 Å². The van der Waals surface area contributed by atoms with Crippen molar-refractivity contribution < 1.29 is 9.90 Å². The minimum absolute atomic E-state index is 0.477. The van der Waals surface area contributed by atoms with Gasteiger partial charge in [0.05, 0.1) is 5.69 Å². The third-order valence-electron chi connectivity index (χ3n) is 3.49. The number of aromatic nitrogens is 4. The third-order valence-corrected chi connectivity index (χ3v) is 3.49. The predicted octanol–water partition coefficient (Wildman–Crippen LogP) is 1.02. The number of H-pyrrole nitrogens is 1. The van der Waals surface area contributed by atoms with E-state index in [1.807, 2.05) is 27.0 Å². The van der Waals surface area contributed by atoms with Crippen molar-refractivity contribution in [3.8, 4) is 0 Å². The van der Waals surface area contributed by atoms with Crippen LogP contribution in [-0.2, 0) is 18.4 Å². The van der Waals surface area contributed by atoms with Crippen LogP contribution in [0, 0.1) is 13.8 Å². The van der Waals surface area contributed by atoms with Gasteiger partial charge < -0.3 is 5.11 Å². The molecule has 0 aliphatic heterocycles. The molecule has 2 aromatic rings. The summed E-state index contributed by atoms with van der Waals surface area (Å²) >= 11 is 0. The van der Waals surface area contributed by atoms with E-state index in [2.05, 4.69) is 15.3 Å². The minimum atomic E-state index is -0.883. The molecule has 0 unspecified atom stereocenters. The number of nitrogens with one attached hydrogen (secondary N) is 1. The Hall–Kier alpha value is -2.15. The molecule has 2 aromatic heterocycles. The van der Waals surface area contributed by atoms with Gasteiger partial charge in [-0.2, -0.15) is 10.2 Å². The van der Waals surface area contributed by atoms with E-state index in [1.54, 1.807) is 22.8 Å². The van der Waals surface area contributed by atoms with Gasteiger partial charge in [0.2, 0.25) is 0 Å². The second kappa shape index (κ2) is 5.46. The maximum Gasteiger partial charge on any atom is 0.325 e. The number of carboxylic acid groups (broad SMARTS) is 1. The lowest BCUT2D eigenvalue weighted by atomic mass is 10.0. The fourth-order valence-electron chi connectivity index (χ4n) is 2.45. The first-order valence-corrected chi connectivity index (χ1v) is 6.33. The largest absolute Gasteiger partial charge is 0.480 e. The van der Waals surface area contributed by atoms with Crippen LogP contribution in [0.2, 0.25) is 0 Å². The average Bonchev–Trinajstić information content (AvgIpc) is 2.93. The van der Waals surface area contributed by atoms with Gasteiger partial charge in [-0.25, -0.2) is 0 Å². The van der Waals surface area contributed by atoms with Crippen LogP contribution in [0.15, 0.2) is 12.3 Å². The van der Waals surface area contributed by atoms with Crippen molar-refractivity contribution in [2.45, 2.75) is 26.4 Å². The summed E-state index contributed by atoms with van der Waals surface area (Å²) < 4.78 is 1.71. The van der Waals surface area contributed by atoms with Gasteiger partial charge in [-0.15, -0.1) is 0 Å². The minimum Gasteiger partial charge on any atom is -0.480 e. The Kier molecular flexibility index (Phi) is 3.89. The van der Waals surface area contributed by atoms with Crippen molar-refractivity contribution >= 4 is 5.97 Å². The van der Waals surface area contributed by atoms with Gasteiger partial charge in [0.15, 0.2) is 0 Å². The molecule has 0 aliphatic rings. The summed E-state index contributed by atoms with van der Waals surface area (Å²) in [7, 11) is 3.60. The highest BCUT2D eigenvalue weighted by molar-refractivity contribution is 5.76. The fraction of sp³-hybridized carbons (Fsp3) is 0.462. The van der Waals surface area contributed by atoms with Crippen LogP contribution in [0.4, 0.5) is 0 Å². The molecule has 0 saturated carbocycles. The number of carboxylic acids is 1. The van der Waals surface area contributed by atoms with Crippen LogP contribution in [0.1, 0.15) is 28.7 Å². The first-order valence-electron chi connectivity index (χ1n) is 6.33. The topological polar surface area (TPSA) is 87.0 Å². The van der Waals surface area contributed by atoms with Crippen LogP contribution in [0.5, 0.6) is 0 Å². The molecule has 7 nitrogen and oxygen atoms in total. The third kappa shape index (κ3) is 2.57. The normalized spacial score (nSPS) is 12.8. The van der Waals surface area contributed by atoms with E-state index in [0.717, 1.165) is 22.6 Å². The fourth-order valence-corrected chi connectivity index (χ4v) is 2.45. The average molecular weight is 277 g/mol. The molecule has 2 heterocycles. The zero-order valence-electron chi connectivity index (χ0n) is 12.1. The van der Waals surface area contributed by atoms with Crippen LogP contribution in [0.25, 0.3) is 0 Å². The summed E-state index contributed by atoms with van der Waals surface area (Å²) in [6.45, 7) is 4.20. The van der Waals surface area contributed by atoms with Crippen molar-refractivity contribution in [1.82, 2.24) is 24.9 Å². The van der Waals surface area contributed by atoms with E-state index in [9.17, 15) is 9.90 Å². The number of aryl methyl sites for hydroxylation is 2. The maximum absolute atomic E-state index is 11.7. The molecular weight excluding hydrogens is 258 g/mol. The zero-order chi connectivity index (χ0) is 14.9. The standard InChI is InChI=1S/C13H19N5O2/c1-8-11(9(2)18(4)16-8)12(13(19)20)17(3)7-10-5-6-14-15-10/h5-6,12H,7H2,1-4H3,(H,14,15)(H,19,20)/t12-/m0/s1. The number of carbonyl (C=O) groups is 1. The van der Waals surface area contributed by atoms with Crippen LogP contribution in [-0.4, -0.2) is 43.0 Å². The van der Waals surface area contributed by atoms with Crippen molar-refractivity contribution in [1.29, 1.82) is 0 Å². The van der Waals surface area contributed by atoms with E-state index in [-0.39, 0.29) is 0 Å². The molecule has 0 amide bonds. The first-order chi connectivity index (χ1) is 9.41. The second-order valence-electron chi connectivity index (χ2n) is 4.95. The molecule has 0 fully saturated rings. The highest BCUT2D eigenvalue weighted by Crippen LogP contribution is 2.27. The molecule has 2 rings (SSSR count). The number of nitrogens with zero attached hydrogens (tertiary/aromatic N) is 4. The molecular formula is C13H19N5O2. The molecule has 108 valence electrons. The summed E-state index contributed by atoms with van der Waals surface area (Å²) in [4.78, 5) is 13.4. The number of aliphatic carboxylic acids is 1. The van der Waals surface area contributed by atoms with Gasteiger partial charge >= 0.3 is 5.97 Å². The Bertz CT molecular complexity index is 603. The molecule has 0 aliphatic carbocycles. The highest BCUT2D eigenvalue weighted by atomic mass is 16.4. The molecule has 20 heavy (non-hydrogen) atoms. The molecule has 2 N–H and O–H groups in total. The Morgan fingerprint density at radius 3 is 2.70 bits per heavy atom. The van der Waals surface area contributed by atoms with Gasteiger partial charge in [-0.3, -0.25) is 19.5 Å². The van der Waals surface area contributed by atoms with Gasteiger partial charge in [0.1, 0.15) is 6.04 Å². The zero-order valence-corrected chi connectivity index (χ0v) is 12.1. The lowest BCUT2D eigenvalue weighted by Crippen LogP contribution is -2.31. The summed E-state index contributed by atoms with van der Waals surface area (Å²) in [6, 6.07) is 1.10. The Balaban J connectivity index is 2.33. The van der Waals surface area contributed by atoms with Crippen molar-refractivity contribution in [3.05, 3.63) is 34.9 Å². The SMILES string of the molecule is Cc1nn(C)c(C)c1[C@@H](C(=O)O)N(C)Cc1ccn[nH]1. The molecule has 0 spiro atoms. The predicted molar refractivity (Wildman–Crippen MR) is 73.1 cm³/mol.